The van der Waals surface area contributed by atoms with E-state index in [-0.39, 0.29) is 24.6 Å². The molecule has 0 aromatic heterocycles. The first-order valence-electron chi connectivity index (χ1n) is 7.46. The van der Waals surface area contributed by atoms with Crippen molar-refractivity contribution in [3.8, 4) is 11.1 Å². The summed E-state index contributed by atoms with van der Waals surface area (Å²) in [6.07, 6.45) is 0.314. The van der Waals surface area contributed by atoms with E-state index in [0.717, 1.165) is 11.1 Å². The van der Waals surface area contributed by atoms with Crippen molar-refractivity contribution in [2.45, 2.75) is 26.7 Å². The standard InChI is InChI=1S/C19H20O3/c1-3-22-19(21)13-12-18(20)16-10-8-15(9-11-16)17-7-5-4-6-14(17)2/h4-11H,3,12-13H2,1-2H3. The molecule has 22 heavy (non-hydrogen) atoms. The van der Waals surface area contributed by atoms with Crippen LogP contribution in [0.15, 0.2) is 48.5 Å². The van der Waals surface area contributed by atoms with Crippen molar-refractivity contribution in [2.24, 2.45) is 0 Å². The van der Waals surface area contributed by atoms with Crippen LogP contribution in [0.4, 0.5) is 0 Å². The Kier molecular flexibility index (Phi) is 5.48. The van der Waals surface area contributed by atoms with E-state index in [9.17, 15) is 9.59 Å². The van der Waals surface area contributed by atoms with Crippen LogP contribution in [0.5, 0.6) is 0 Å². The second-order valence-corrected chi connectivity index (χ2v) is 5.12. The van der Waals surface area contributed by atoms with Crippen LogP contribution in [0, 0.1) is 6.92 Å². The Hall–Kier alpha value is -2.42. The van der Waals surface area contributed by atoms with Crippen LogP contribution < -0.4 is 0 Å². The Bertz CT molecular complexity index is 657. The Morgan fingerprint density at radius 1 is 0.955 bits per heavy atom. The molecular weight excluding hydrogens is 276 g/mol. The molecule has 0 bridgehead atoms. The molecule has 0 aliphatic rings. The van der Waals surface area contributed by atoms with Crippen LogP contribution in [0.3, 0.4) is 0 Å². The van der Waals surface area contributed by atoms with E-state index in [1.165, 1.54) is 5.56 Å². The summed E-state index contributed by atoms with van der Waals surface area (Å²) in [7, 11) is 0. The molecule has 0 heterocycles. The number of hydrogen-bond donors (Lipinski definition) is 0. The highest BCUT2D eigenvalue weighted by atomic mass is 16.5. The monoisotopic (exact) mass is 296 g/mol. The maximum absolute atomic E-state index is 12.1. The summed E-state index contributed by atoms with van der Waals surface area (Å²) in [5, 5.41) is 0. The summed E-state index contributed by atoms with van der Waals surface area (Å²) < 4.78 is 4.83. The third kappa shape index (κ3) is 4.04. The number of Topliss-reactive ketones (excluding diaryl/α,β-unsaturated/α-hetero) is 1. The number of ketones is 1. The molecule has 0 amide bonds. The van der Waals surface area contributed by atoms with Gasteiger partial charge in [0.05, 0.1) is 13.0 Å². The van der Waals surface area contributed by atoms with Crippen LogP contribution >= 0.6 is 0 Å². The van der Waals surface area contributed by atoms with Crippen LogP contribution in [0.25, 0.3) is 11.1 Å². The summed E-state index contributed by atoms with van der Waals surface area (Å²) in [6, 6.07) is 15.7. The van der Waals surface area contributed by atoms with Crippen molar-refractivity contribution < 1.29 is 14.3 Å². The molecular formula is C19H20O3. The second-order valence-electron chi connectivity index (χ2n) is 5.12. The van der Waals surface area contributed by atoms with Gasteiger partial charge in [-0.15, -0.1) is 0 Å². The zero-order valence-corrected chi connectivity index (χ0v) is 13.0. The number of carbonyl (C=O) groups excluding carboxylic acids is 2. The Balaban J connectivity index is 2.04. The van der Waals surface area contributed by atoms with E-state index in [4.69, 9.17) is 4.74 Å². The molecule has 2 aromatic rings. The average molecular weight is 296 g/mol. The van der Waals surface area contributed by atoms with Gasteiger partial charge in [0.15, 0.2) is 5.78 Å². The van der Waals surface area contributed by atoms with E-state index < -0.39 is 0 Å². The number of ether oxygens (including phenoxy) is 1. The van der Waals surface area contributed by atoms with Crippen LogP contribution in [0.1, 0.15) is 35.7 Å². The first-order chi connectivity index (χ1) is 10.6. The van der Waals surface area contributed by atoms with Gasteiger partial charge in [0.2, 0.25) is 0 Å². The Labute approximate surface area is 130 Å². The minimum atomic E-state index is -0.326. The Morgan fingerprint density at radius 2 is 1.64 bits per heavy atom. The molecule has 0 spiro atoms. The lowest BCUT2D eigenvalue weighted by Gasteiger charge is -2.07. The molecule has 114 valence electrons. The molecule has 2 aromatic carbocycles. The summed E-state index contributed by atoms with van der Waals surface area (Å²) in [4.78, 5) is 23.3. The summed E-state index contributed by atoms with van der Waals surface area (Å²) in [5.74, 6) is -0.364. The fourth-order valence-electron chi connectivity index (χ4n) is 2.33. The molecule has 0 aliphatic heterocycles. The number of benzene rings is 2. The lowest BCUT2D eigenvalue weighted by Crippen LogP contribution is -2.07. The molecule has 0 saturated carbocycles. The number of rotatable bonds is 6. The zero-order chi connectivity index (χ0) is 15.9. The van der Waals surface area contributed by atoms with Gasteiger partial charge in [0, 0.05) is 12.0 Å². The number of hydrogen-bond acceptors (Lipinski definition) is 3. The predicted molar refractivity (Wildman–Crippen MR) is 86.8 cm³/mol. The van der Waals surface area contributed by atoms with Crippen molar-refractivity contribution in [1.82, 2.24) is 0 Å². The third-order valence-electron chi connectivity index (χ3n) is 3.52. The van der Waals surface area contributed by atoms with Gasteiger partial charge in [-0.05, 0) is 30.5 Å². The first kappa shape index (κ1) is 16.0. The van der Waals surface area contributed by atoms with Gasteiger partial charge in [-0.3, -0.25) is 9.59 Å². The molecule has 0 unspecified atom stereocenters. The second kappa shape index (κ2) is 7.55. The van der Waals surface area contributed by atoms with Gasteiger partial charge >= 0.3 is 5.97 Å². The fourth-order valence-corrected chi connectivity index (χ4v) is 2.33. The minimum absolute atomic E-state index is 0.0376. The van der Waals surface area contributed by atoms with Crippen molar-refractivity contribution in [3.05, 3.63) is 59.7 Å². The highest BCUT2D eigenvalue weighted by molar-refractivity contribution is 5.98. The number of esters is 1. The minimum Gasteiger partial charge on any atom is -0.466 e. The number of carbonyl (C=O) groups is 2. The highest BCUT2D eigenvalue weighted by Gasteiger charge is 2.10. The van der Waals surface area contributed by atoms with Gasteiger partial charge in [0.25, 0.3) is 0 Å². The van der Waals surface area contributed by atoms with E-state index in [1.54, 1.807) is 6.92 Å². The van der Waals surface area contributed by atoms with Crippen LogP contribution in [-0.4, -0.2) is 18.4 Å². The molecule has 0 N–H and O–H groups in total. The lowest BCUT2D eigenvalue weighted by molar-refractivity contribution is -0.143. The van der Waals surface area contributed by atoms with Crippen molar-refractivity contribution >= 4 is 11.8 Å². The molecule has 3 nitrogen and oxygen atoms in total. The highest BCUT2D eigenvalue weighted by Crippen LogP contribution is 2.23. The van der Waals surface area contributed by atoms with E-state index in [1.807, 2.05) is 36.4 Å². The first-order valence-corrected chi connectivity index (χ1v) is 7.46. The fraction of sp³-hybridized carbons (Fsp3) is 0.263. The van der Waals surface area contributed by atoms with E-state index >= 15 is 0 Å². The largest absolute Gasteiger partial charge is 0.466 e. The number of aryl methyl sites for hydroxylation is 1. The molecule has 0 atom stereocenters. The van der Waals surface area contributed by atoms with Gasteiger partial charge in [-0.1, -0.05) is 48.5 Å². The molecule has 0 radical (unpaired) electrons. The van der Waals surface area contributed by atoms with Gasteiger partial charge in [-0.2, -0.15) is 0 Å². The summed E-state index contributed by atoms with van der Waals surface area (Å²) in [6.45, 7) is 4.16. The van der Waals surface area contributed by atoms with Gasteiger partial charge < -0.3 is 4.74 Å². The Morgan fingerprint density at radius 3 is 2.27 bits per heavy atom. The molecule has 0 saturated heterocycles. The maximum atomic E-state index is 12.1. The molecule has 2 rings (SSSR count). The summed E-state index contributed by atoms with van der Waals surface area (Å²) in [5.41, 5.74) is 4.07. The van der Waals surface area contributed by atoms with Gasteiger partial charge in [0.1, 0.15) is 0 Å². The van der Waals surface area contributed by atoms with E-state index in [0.29, 0.717) is 12.2 Å². The maximum Gasteiger partial charge on any atom is 0.306 e. The molecule has 0 aliphatic carbocycles. The molecule has 0 fully saturated rings. The molecule has 3 heteroatoms. The van der Waals surface area contributed by atoms with Crippen molar-refractivity contribution in [1.29, 1.82) is 0 Å². The smallest absolute Gasteiger partial charge is 0.306 e. The van der Waals surface area contributed by atoms with Gasteiger partial charge in [-0.25, -0.2) is 0 Å². The van der Waals surface area contributed by atoms with E-state index in [2.05, 4.69) is 19.1 Å². The topological polar surface area (TPSA) is 43.4 Å². The zero-order valence-electron chi connectivity index (χ0n) is 13.0. The lowest BCUT2D eigenvalue weighted by atomic mass is 9.98. The normalized spacial score (nSPS) is 10.3. The summed E-state index contributed by atoms with van der Waals surface area (Å²) >= 11 is 0. The van der Waals surface area contributed by atoms with Crippen LogP contribution in [0.2, 0.25) is 0 Å². The van der Waals surface area contributed by atoms with Crippen LogP contribution in [-0.2, 0) is 9.53 Å². The van der Waals surface area contributed by atoms with Crippen molar-refractivity contribution in [3.63, 3.8) is 0 Å². The van der Waals surface area contributed by atoms with Crippen molar-refractivity contribution in [2.75, 3.05) is 6.61 Å². The third-order valence-corrected chi connectivity index (χ3v) is 3.52. The SMILES string of the molecule is CCOC(=O)CCC(=O)c1ccc(-c2ccccc2C)cc1. The predicted octanol–water partition coefficient (Wildman–Crippen LogP) is 4.19. The quantitative estimate of drug-likeness (QED) is 0.593. The average Bonchev–Trinajstić information content (AvgIpc) is 2.53.